The van der Waals surface area contributed by atoms with Crippen molar-refractivity contribution in [3.63, 3.8) is 0 Å². The first kappa shape index (κ1) is 30.1. The third-order valence-corrected chi connectivity index (χ3v) is 6.40. The zero-order valence-electron chi connectivity index (χ0n) is 23.3. The van der Waals surface area contributed by atoms with Crippen molar-refractivity contribution in [2.45, 2.75) is 66.2 Å². The molecule has 4 nitrogen and oxygen atoms in total. The molecule has 0 spiro atoms. The fourth-order valence-corrected chi connectivity index (χ4v) is 4.58. The van der Waals surface area contributed by atoms with Crippen LogP contribution in [0.4, 0.5) is 11.4 Å². The van der Waals surface area contributed by atoms with Gasteiger partial charge in [-0.25, -0.2) is 0 Å². The summed E-state index contributed by atoms with van der Waals surface area (Å²) >= 11 is 0. The first-order valence-electron chi connectivity index (χ1n) is 12.3. The van der Waals surface area contributed by atoms with Crippen LogP contribution in [0, 0.1) is 13.8 Å². The Kier molecular flexibility index (Phi) is 9.65. The van der Waals surface area contributed by atoms with Crippen molar-refractivity contribution in [2.24, 2.45) is 0 Å². The molecule has 0 heterocycles. The van der Waals surface area contributed by atoms with E-state index in [0.717, 1.165) is 44.8 Å². The second-order valence-electron chi connectivity index (χ2n) is 11.6. The molecule has 192 valence electrons. The van der Waals surface area contributed by atoms with Crippen molar-refractivity contribution >= 4 is 11.4 Å². The van der Waals surface area contributed by atoms with E-state index in [9.17, 15) is 10.2 Å². The molecule has 3 rings (SSSR count). The normalized spacial score (nSPS) is 11.8. The van der Waals surface area contributed by atoms with Crippen LogP contribution in [0.3, 0.4) is 0 Å². The average Bonchev–Trinajstić information content (AvgIpc) is 2.76. The standard InChI is InChI=1S/C31H41NO3.Zr/c1-20-16-23(28(33)24(17-20)30(3,4)5)22-12-10-11-13-26(22)32(14-15-35-9)27-19-21(2)18-25(29(27)34)31(6,7)8;/h10-13,16-19,33-34H,14-15H2,1-9H3;. The minimum Gasteiger partial charge on any atom is -0.507 e. The quantitative estimate of drug-likeness (QED) is 0.320. The van der Waals surface area contributed by atoms with Crippen LogP contribution in [0.15, 0.2) is 48.5 Å². The van der Waals surface area contributed by atoms with Crippen LogP contribution in [-0.2, 0) is 41.8 Å². The number of aryl methyl sites for hydroxylation is 2. The molecule has 0 bridgehead atoms. The van der Waals surface area contributed by atoms with Gasteiger partial charge in [-0.2, -0.15) is 0 Å². The predicted octanol–water partition coefficient (Wildman–Crippen LogP) is 7.76. The number of aromatic hydroxyl groups is 2. The molecule has 0 aliphatic rings. The van der Waals surface area contributed by atoms with Crippen LogP contribution < -0.4 is 4.90 Å². The third kappa shape index (κ3) is 6.42. The number of rotatable bonds is 6. The number of phenols is 2. The molecule has 0 saturated carbocycles. The first-order valence-corrected chi connectivity index (χ1v) is 12.3. The summed E-state index contributed by atoms with van der Waals surface area (Å²) in [4.78, 5) is 2.11. The molecule has 0 amide bonds. The molecule has 0 fully saturated rings. The molecule has 0 atom stereocenters. The number of benzene rings is 3. The zero-order chi connectivity index (χ0) is 26.1. The van der Waals surface area contributed by atoms with Gasteiger partial charge in [0.2, 0.25) is 0 Å². The molecular formula is C31H41NO3Zr. The number of anilines is 2. The maximum atomic E-state index is 11.5. The van der Waals surface area contributed by atoms with Crippen LogP contribution in [0.2, 0.25) is 0 Å². The third-order valence-electron chi connectivity index (χ3n) is 6.40. The minimum atomic E-state index is -0.215. The van der Waals surface area contributed by atoms with Gasteiger partial charge in [-0.3, -0.25) is 0 Å². The topological polar surface area (TPSA) is 52.9 Å². The van der Waals surface area contributed by atoms with Crippen molar-refractivity contribution in [1.29, 1.82) is 0 Å². The fourth-order valence-electron chi connectivity index (χ4n) is 4.58. The largest absolute Gasteiger partial charge is 0.507 e. The summed E-state index contributed by atoms with van der Waals surface area (Å²) in [7, 11) is 1.68. The Labute approximate surface area is 236 Å². The Hall–Kier alpha value is -2.10. The molecule has 2 N–H and O–H groups in total. The predicted molar refractivity (Wildman–Crippen MR) is 147 cm³/mol. The zero-order valence-corrected chi connectivity index (χ0v) is 25.7. The van der Waals surface area contributed by atoms with Crippen molar-refractivity contribution < 1.29 is 41.2 Å². The monoisotopic (exact) mass is 565 g/mol. The molecule has 0 unspecified atom stereocenters. The molecule has 0 aliphatic heterocycles. The molecule has 3 aromatic rings. The van der Waals surface area contributed by atoms with E-state index in [1.54, 1.807) is 7.11 Å². The van der Waals surface area contributed by atoms with Crippen LogP contribution in [0.25, 0.3) is 11.1 Å². The first-order chi connectivity index (χ1) is 16.3. The van der Waals surface area contributed by atoms with E-state index in [4.69, 9.17) is 4.74 Å². The van der Waals surface area contributed by atoms with E-state index in [0.29, 0.717) is 18.9 Å². The molecule has 0 saturated heterocycles. The minimum absolute atomic E-state index is 0. The molecule has 36 heavy (non-hydrogen) atoms. The number of methoxy groups -OCH3 is 1. The van der Waals surface area contributed by atoms with E-state index >= 15 is 0 Å². The Morgan fingerprint density at radius 3 is 1.81 bits per heavy atom. The second kappa shape index (κ2) is 11.5. The number of hydrogen-bond donors (Lipinski definition) is 2. The van der Waals surface area contributed by atoms with Crippen molar-refractivity contribution in [3.8, 4) is 22.6 Å². The van der Waals surface area contributed by atoms with Crippen LogP contribution >= 0.6 is 0 Å². The van der Waals surface area contributed by atoms with E-state index in [1.165, 1.54) is 0 Å². The van der Waals surface area contributed by atoms with Gasteiger partial charge in [-0.15, -0.1) is 0 Å². The summed E-state index contributed by atoms with van der Waals surface area (Å²) in [6.07, 6.45) is 0. The van der Waals surface area contributed by atoms with Gasteiger partial charge in [-0.1, -0.05) is 71.9 Å². The van der Waals surface area contributed by atoms with Crippen LogP contribution in [-0.4, -0.2) is 30.5 Å². The molecule has 0 aromatic heterocycles. The Morgan fingerprint density at radius 2 is 1.25 bits per heavy atom. The maximum Gasteiger partial charge on any atom is 0.142 e. The SMILES string of the molecule is COCCN(c1ccccc1-c1cc(C)cc(C(C)(C)C)c1O)c1cc(C)cc(C(C)(C)C)c1O.[Zr]. The molecule has 0 aliphatic carbocycles. The van der Waals surface area contributed by atoms with Gasteiger partial charge in [0.15, 0.2) is 0 Å². The van der Waals surface area contributed by atoms with Gasteiger partial charge in [0.1, 0.15) is 11.5 Å². The average molecular weight is 567 g/mol. The van der Waals surface area contributed by atoms with Crippen molar-refractivity contribution in [3.05, 3.63) is 70.8 Å². The van der Waals surface area contributed by atoms with E-state index in [2.05, 4.69) is 72.4 Å². The summed E-state index contributed by atoms with van der Waals surface area (Å²) in [6, 6.07) is 16.2. The number of ether oxygens (including phenoxy) is 1. The van der Waals surface area contributed by atoms with Gasteiger partial charge < -0.3 is 19.8 Å². The number of hydrogen-bond acceptors (Lipinski definition) is 4. The number of nitrogens with zero attached hydrogens (tertiary/aromatic N) is 1. The number of para-hydroxylation sites is 1. The summed E-state index contributed by atoms with van der Waals surface area (Å²) in [5, 5.41) is 22.9. The van der Waals surface area contributed by atoms with Gasteiger partial charge in [0.25, 0.3) is 0 Å². The van der Waals surface area contributed by atoms with Crippen molar-refractivity contribution in [2.75, 3.05) is 25.2 Å². The van der Waals surface area contributed by atoms with Crippen molar-refractivity contribution in [1.82, 2.24) is 0 Å². The molecule has 5 heteroatoms. The van der Waals surface area contributed by atoms with Gasteiger partial charge in [0, 0.05) is 67.8 Å². The van der Waals surface area contributed by atoms with E-state index in [1.807, 2.05) is 36.4 Å². The Balaban J connectivity index is 0.00000456. The Morgan fingerprint density at radius 1 is 0.722 bits per heavy atom. The number of phenolic OH excluding ortho intramolecular Hbond substituents is 2. The molecule has 0 radical (unpaired) electrons. The molecular weight excluding hydrogens is 526 g/mol. The summed E-state index contributed by atoms with van der Waals surface area (Å²) in [5.74, 6) is 0.573. The van der Waals surface area contributed by atoms with Crippen LogP contribution in [0.5, 0.6) is 11.5 Å². The van der Waals surface area contributed by atoms with E-state index < -0.39 is 0 Å². The summed E-state index contributed by atoms with van der Waals surface area (Å²) < 4.78 is 5.46. The maximum absolute atomic E-state index is 11.5. The van der Waals surface area contributed by atoms with Crippen LogP contribution in [0.1, 0.15) is 63.8 Å². The second-order valence-corrected chi connectivity index (χ2v) is 11.6. The van der Waals surface area contributed by atoms with Gasteiger partial charge in [-0.05, 0) is 54.0 Å². The smallest absolute Gasteiger partial charge is 0.142 e. The van der Waals surface area contributed by atoms with Gasteiger partial charge >= 0.3 is 0 Å². The summed E-state index contributed by atoms with van der Waals surface area (Å²) in [6.45, 7) is 17.8. The summed E-state index contributed by atoms with van der Waals surface area (Å²) in [5.41, 5.74) is 6.92. The van der Waals surface area contributed by atoms with Gasteiger partial charge in [0.05, 0.1) is 12.3 Å². The fraction of sp³-hybridized carbons (Fsp3) is 0.419. The van der Waals surface area contributed by atoms with E-state index in [-0.39, 0.29) is 42.8 Å². The Bertz CT molecular complexity index is 1210. The molecule has 3 aromatic carbocycles.